The minimum Gasteiger partial charge on any atom is -0.388 e. The van der Waals surface area contributed by atoms with Gasteiger partial charge in [-0.05, 0) is 43.4 Å². The van der Waals surface area contributed by atoms with Crippen LogP contribution in [-0.2, 0) is 0 Å². The Labute approximate surface area is 87.7 Å². The fraction of sp³-hybridized carbons (Fsp3) is 0.500. The van der Waals surface area contributed by atoms with Crippen molar-refractivity contribution in [1.29, 1.82) is 0 Å². The highest BCUT2D eigenvalue weighted by Gasteiger charge is 2.23. The first-order chi connectivity index (χ1) is 7.09. The second kappa shape index (κ2) is 3.89. The Kier molecular flexibility index (Phi) is 2.74. The largest absolute Gasteiger partial charge is 0.388 e. The van der Waals surface area contributed by atoms with Crippen LogP contribution >= 0.6 is 0 Å². The maximum atomic E-state index is 13.5. The van der Waals surface area contributed by atoms with Gasteiger partial charge in [-0.2, -0.15) is 0 Å². The van der Waals surface area contributed by atoms with Gasteiger partial charge >= 0.3 is 0 Å². The summed E-state index contributed by atoms with van der Waals surface area (Å²) in [6, 6.07) is 2.71. The molecule has 1 aliphatic carbocycles. The van der Waals surface area contributed by atoms with Crippen LogP contribution in [0, 0.1) is 11.6 Å². The Morgan fingerprint density at radius 3 is 2.13 bits per heavy atom. The second-order valence-corrected chi connectivity index (χ2v) is 4.20. The second-order valence-electron chi connectivity index (χ2n) is 4.20. The average Bonchev–Trinajstić information content (AvgIpc) is 1.97. The van der Waals surface area contributed by atoms with Gasteiger partial charge in [0.25, 0.3) is 0 Å². The fourth-order valence-corrected chi connectivity index (χ4v) is 1.98. The van der Waals surface area contributed by atoms with Crippen LogP contribution in [0.25, 0.3) is 0 Å². The zero-order valence-electron chi connectivity index (χ0n) is 8.63. The van der Waals surface area contributed by atoms with Crippen molar-refractivity contribution in [1.82, 2.24) is 0 Å². The molecule has 1 nitrogen and oxygen atoms in total. The van der Waals surface area contributed by atoms with Crippen LogP contribution in [0.4, 0.5) is 8.78 Å². The topological polar surface area (TPSA) is 20.2 Å². The molecule has 82 valence electrons. The molecular formula is C12H14F2O. The summed E-state index contributed by atoms with van der Waals surface area (Å²) in [5.74, 6) is -0.962. The van der Waals surface area contributed by atoms with Crippen molar-refractivity contribution >= 4 is 0 Å². The van der Waals surface area contributed by atoms with Crippen LogP contribution in [0.15, 0.2) is 12.1 Å². The Morgan fingerprint density at radius 2 is 1.80 bits per heavy atom. The van der Waals surface area contributed by atoms with Crippen molar-refractivity contribution in [3.05, 3.63) is 34.9 Å². The van der Waals surface area contributed by atoms with Crippen molar-refractivity contribution < 1.29 is 13.9 Å². The molecule has 0 amide bonds. The summed E-state index contributed by atoms with van der Waals surface area (Å²) in [6.07, 6.45) is 2.05. The van der Waals surface area contributed by atoms with E-state index >= 15 is 0 Å². The van der Waals surface area contributed by atoms with E-state index in [1.54, 1.807) is 0 Å². The molecule has 1 fully saturated rings. The molecule has 0 radical (unpaired) electrons. The average molecular weight is 212 g/mol. The highest BCUT2D eigenvalue weighted by atomic mass is 19.1. The molecule has 2 rings (SSSR count). The van der Waals surface area contributed by atoms with Crippen molar-refractivity contribution in [2.45, 2.75) is 38.2 Å². The number of aliphatic hydroxyl groups is 1. The number of rotatable bonds is 2. The maximum absolute atomic E-state index is 13.5. The van der Waals surface area contributed by atoms with Crippen molar-refractivity contribution in [2.24, 2.45) is 0 Å². The van der Waals surface area contributed by atoms with Gasteiger partial charge in [-0.1, -0.05) is 6.42 Å². The Hall–Kier alpha value is -0.960. The van der Waals surface area contributed by atoms with Gasteiger partial charge in [0.15, 0.2) is 0 Å². The van der Waals surface area contributed by atoms with Gasteiger partial charge in [0, 0.05) is 0 Å². The molecule has 0 aromatic heterocycles. The van der Waals surface area contributed by atoms with Gasteiger partial charge in [0.1, 0.15) is 11.6 Å². The van der Waals surface area contributed by atoms with Gasteiger partial charge in [0.2, 0.25) is 0 Å². The minimum absolute atomic E-state index is 0.224. The fourth-order valence-electron chi connectivity index (χ4n) is 1.98. The molecule has 1 aromatic carbocycles. The minimum atomic E-state index is -1.10. The molecule has 1 N–H and O–H groups in total. The van der Waals surface area contributed by atoms with Crippen molar-refractivity contribution in [2.75, 3.05) is 0 Å². The first-order valence-electron chi connectivity index (χ1n) is 5.26. The van der Waals surface area contributed by atoms with Gasteiger partial charge in [-0.3, -0.25) is 0 Å². The van der Waals surface area contributed by atoms with Gasteiger partial charge in [-0.15, -0.1) is 0 Å². The summed E-state index contributed by atoms with van der Waals surface area (Å²) in [7, 11) is 0. The molecule has 0 spiro atoms. The van der Waals surface area contributed by atoms with Crippen LogP contribution in [0.5, 0.6) is 0 Å². The van der Waals surface area contributed by atoms with Crippen LogP contribution < -0.4 is 0 Å². The van der Waals surface area contributed by atoms with E-state index in [9.17, 15) is 13.9 Å². The molecule has 0 bridgehead atoms. The Morgan fingerprint density at radius 1 is 1.27 bits per heavy atom. The van der Waals surface area contributed by atoms with Crippen LogP contribution in [-0.4, -0.2) is 5.11 Å². The van der Waals surface area contributed by atoms with Gasteiger partial charge < -0.3 is 5.11 Å². The first-order valence-corrected chi connectivity index (χ1v) is 5.26. The Bertz CT molecular complexity index is 347. The van der Waals surface area contributed by atoms with Crippen molar-refractivity contribution in [3.8, 4) is 0 Å². The lowest BCUT2D eigenvalue weighted by molar-refractivity contribution is 0.188. The van der Waals surface area contributed by atoms with E-state index in [2.05, 4.69) is 0 Å². The van der Waals surface area contributed by atoms with Gasteiger partial charge in [-0.25, -0.2) is 8.78 Å². The first kappa shape index (κ1) is 10.6. The lowest BCUT2D eigenvalue weighted by Gasteiger charge is -2.26. The number of benzene rings is 1. The maximum Gasteiger partial charge on any atom is 0.132 e. The third-order valence-corrected chi connectivity index (χ3v) is 3.10. The van der Waals surface area contributed by atoms with E-state index in [-0.39, 0.29) is 5.56 Å². The monoisotopic (exact) mass is 212 g/mol. The normalized spacial score (nSPS) is 18.7. The van der Waals surface area contributed by atoms with Crippen LogP contribution in [0.2, 0.25) is 0 Å². The van der Waals surface area contributed by atoms with E-state index in [0.717, 1.165) is 24.8 Å². The molecule has 0 saturated heterocycles. The predicted octanol–water partition coefficient (Wildman–Crippen LogP) is 3.29. The quantitative estimate of drug-likeness (QED) is 0.797. The van der Waals surface area contributed by atoms with E-state index in [1.807, 2.05) is 0 Å². The lowest BCUT2D eigenvalue weighted by Crippen LogP contribution is -2.11. The highest BCUT2D eigenvalue weighted by molar-refractivity contribution is 5.30. The third kappa shape index (κ3) is 1.88. The zero-order chi connectivity index (χ0) is 11.0. The van der Waals surface area contributed by atoms with Crippen LogP contribution in [0.1, 0.15) is 49.3 Å². The van der Waals surface area contributed by atoms with Gasteiger partial charge in [0.05, 0.1) is 11.7 Å². The summed E-state index contributed by atoms with van der Waals surface area (Å²) in [5.41, 5.74) is 0.499. The summed E-state index contributed by atoms with van der Waals surface area (Å²) >= 11 is 0. The van der Waals surface area contributed by atoms with E-state index < -0.39 is 17.7 Å². The molecule has 1 unspecified atom stereocenters. The molecule has 0 aliphatic heterocycles. The molecular weight excluding hydrogens is 198 g/mol. The van der Waals surface area contributed by atoms with Crippen molar-refractivity contribution in [3.63, 3.8) is 0 Å². The molecule has 1 aliphatic rings. The highest BCUT2D eigenvalue weighted by Crippen LogP contribution is 2.37. The summed E-state index contributed by atoms with van der Waals surface area (Å²) in [5, 5.41) is 9.21. The predicted molar refractivity (Wildman–Crippen MR) is 53.6 cm³/mol. The lowest BCUT2D eigenvalue weighted by atomic mass is 9.79. The zero-order valence-corrected chi connectivity index (χ0v) is 8.63. The molecule has 1 saturated carbocycles. The van der Waals surface area contributed by atoms with E-state index in [0.29, 0.717) is 5.92 Å². The number of hydrogen-bond donors (Lipinski definition) is 1. The molecule has 1 aromatic rings. The molecule has 1 atom stereocenters. The summed E-state index contributed by atoms with van der Waals surface area (Å²) < 4.78 is 27.0. The molecule has 3 heteroatoms. The Balaban J connectivity index is 2.37. The molecule has 0 heterocycles. The molecule has 15 heavy (non-hydrogen) atoms. The van der Waals surface area contributed by atoms with E-state index in [1.165, 1.54) is 19.1 Å². The number of halogens is 2. The summed E-state index contributed by atoms with van der Waals surface area (Å²) in [4.78, 5) is 0. The van der Waals surface area contributed by atoms with E-state index in [4.69, 9.17) is 0 Å². The standard InChI is InChI=1S/C12H14F2O/c1-7(15)12-10(13)5-9(6-11(12)14)8-3-2-4-8/h5-8,15H,2-4H2,1H3. The third-order valence-electron chi connectivity index (χ3n) is 3.10. The number of hydrogen-bond acceptors (Lipinski definition) is 1. The SMILES string of the molecule is CC(O)c1c(F)cc(C2CCC2)cc1F. The smallest absolute Gasteiger partial charge is 0.132 e. The van der Waals surface area contributed by atoms with Crippen LogP contribution in [0.3, 0.4) is 0 Å². The number of aliphatic hydroxyl groups excluding tert-OH is 1. The summed E-state index contributed by atoms with van der Waals surface area (Å²) in [6.45, 7) is 1.37.